The van der Waals surface area contributed by atoms with E-state index in [0.29, 0.717) is 31.2 Å². The Morgan fingerprint density at radius 1 is 1.08 bits per heavy atom. The number of hydrogen-bond acceptors (Lipinski definition) is 2. The molecule has 0 fully saturated rings. The van der Waals surface area contributed by atoms with Crippen molar-refractivity contribution in [3.63, 3.8) is 0 Å². The first kappa shape index (κ1) is 19.8. The number of nitrogens with zero attached hydrogens (tertiary/aromatic N) is 1. The monoisotopic (exact) mass is 344 g/mol. The van der Waals surface area contributed by atoms with Gasteiger partial charge in [0.05, 0.1) is 5.56 Å². The van der Waals surface area contributed by atoms with Gasteiger partial charge in [0, 0.05) is 32.6 Å². The van der Waals surface area contributed by atoms with Crippen LogP contribution in [0.3, 0.4) is 0 Å². The molecule has 0 spiro atoms. The van der Waals surface area contributed by atoms with E-state index in [4.69, 9.17) is 0 Å². The van der Waals surface area contributed by atoms with E-state index >= 15 is 0 Å². The molecular weight excluding hydrogens is 321 g/mol. The van der Waals surface area contributed by atoms with Gasteiger partial charge >= 0.3 is 6.18 Å². The number of carbonyl (C=O) groups is 1. The third-order valence-corrected chi connectivity index (χ3v) is 3.21. The van der Waals surface area contributed by atoms with Crippen LogP contribution in [0.25, 0.3) is 0 Å². The average Bonchev–Trinajstić information content (AvgIpc) is 2.53. The Bertz CT molecular complexity index is 553. The molecule has 3 N–H and O–H groups in total. The van der Waals surface area contributed by atoms with E-state index in [1.54, 1.807) is 7.05 Å². The van der Waals surface area contributed by atoms with Crippen LogP contribution in [-0.4, -0.2) is 32.0 Å². The van der Waals surface area contributed by atoms with Crippen LogP contribution in [0.4, 0.5) is 13.2 Å². The lowest BCUT2D eigenvalue weighted by atomic mass is 10.1. The normalized spacial score (nSPS) is 12.2. The second-order valence-electron chi connectivity index (χ2n) is 5.49. The van der Waals surface area contributed by atoms with E-state index in [1.165, 1.54) is 12.1 Å². The molecule has 5 nitrogen and oxygen atoms in total. The maximum Gasteiger partial charge on any atom is 0.416 e. The zero-order chi connectivity index (χ0) is 18.2. The first-order valence-corrected chi connectivity index (χ1v) is 7.62. The van der Waals surface area contributed by atoms with Crippen molar-refractivity contribution in [2.45, 2.75) is 26.6 Å². The predicted molar refractivity (Wildman–Crippen MR) is 87.5 cm³/mol. The van der Waals surface area contributed by atoms with Crippen LogP contribution in [0.1, 0.15) is 25.0 Å². The topological polar surface area (TPSA) is 65.5 Å². The molecule has 1 amide bonds. The molecule has 0 saturated carbocycles. The first-order chi connectivity index (χ1) is 11.2. The summed E-state index contributed by atoms with van der Waals surface area (Å²) in [4.78, 5) is 15.4. The van der Waals surface area contributed by atoms with Gasteiger partial charge in [-0.05, 0) is 17.7 Å². The first-order valence-electron chi connectivity index (χ1n) is 7.62. The van der Waals surface area contributed by atoms with Crippen molar-refractivity contribution >= 4 is 11.9 Å². The van der Waals surface area contributed by atoms with Crippen LogP contribution in [0.15, 0.2) is 29.3 Å². The number of nitrogens with one attached hydrogen (secondary N) is 3. The van der Waals surface area contributed by atoms with Crippen molar-refractivity contribution < 1.29 is 18.0 Å². The van der Waals surface area contributed by atoms with Gasteiger partial charge < -0.3 is 16.0 Å². The molecule has 0 bridgehead atoms. The van der Waals surface area contributed by atoms with Crippen LogP contribution >= 0.6 is 0 Å². The summed E-state index contributed by atoms with van der Waals surface area (Å²) in [7, 11) is 1.59. The second kappa shape index (κ2) is 9.14. The average molecular weight is 344 g/mol. The van der Waals surface area contributed by atoms with Crippen LogP contribution in [0.2, 0.25) is 0 Å². The number of benzene rings is 1. The fraction of sp³-hybridized carbons (Fsp3) is 0.500. The summed E-state index contributed by atoms with van der Waals surface area (Å²) in [5.74, 6) is 0.417. The lowest BCUT2D eigenvalue weighted by Gasteiger charge is -2.13. The SMILES string of the molecule is CN=C(NCCNC(=O)C(C)C)NCc1ccc(C(F)(F)F)cc1. The van der Waals surface area contributed by atoms with Crippen molar-refractivity contribution in [3.8, 4) is 0 Å². The molecule has 1 rings (SSSR count). The van der Waals surface area contributed by atoms with Crippen molar-refractivity contribution in [2.24, 2.45) is 10.9 Å². The molecule has 0 atom stereocenters. The highest BCUT2D eigenvalue weighted by Crippen LogP contribution is 2.28. The lowest BCUT2D eigenvalue weighted by Crippen LogP contribution is -2.41. The van der Waals surface area contributed by atoms with Crippen LogP contribution in [0, 0.1) is 5.92 Å². The molecule has 0 aromatic heterocycles. The smallest absolute Gasteiger partial charge is 0.355 e. The molecule has 134 valence electrons. The van der Waals surface area contributed by atoms with Crippen molar-refractivity contribution in [2.75, 3.05) is 20.1 Å². The van der Waals surface area contributed by atoms with E-state index in [2.05, 4.69) is 20.9 Å². The molecule has 1 aromatic carbocycles. The predicted octanol–water partition coefficient (Wildman–Crippen LogP) is 2.14. The van der Waals surface area contributed by atoms with Gasteiger partial charge in [-0.25, -0.2) is 0 Å². The van der Waals surface area contributed by atoms with Gasteiger partial charge in [0.1, 0.15) is 0 Å². The lowest BCUT2D eigenvalue weighted by molar-refractivity contribution is -0.137. The third kappa shape index (κ3) is 6.89. The largest absolute Gasteiger partial charge is 0.416 e. The summed E-state index contributed by atoms with van der Waals surface area (Å²) in [6, 6.07) is 4.95. The van der Waals surface area contributed by atoms with Gasteiger partial charge in [-0.2, -0.15) is 13.2 Å². The Labute approximate surface area is 139 Å². The Morgan fingerprint density at radius 3 is 2.17 bits per heavy atom. The number of guanidine groups is 1. The van der Waals surface area contributed by atoms with E-state index < -0.39 is 11.7 Å². The van der Waals surface area contributed by atoms with Gasteiger partial charge in [-0.15, -0.1) is 0 Å². The Balaban J connectivity index is 2.38. The van der Waals surface area contributed by atoms with Gasteiger partial charge in [-0.3, -0.25) is 9.79 Å². The fourth-order valence-corrected chi connectivity index (χ4v) is 1.79. The van der Waals surface area contributed by atoms with Crippen molar-refractivity contribution in [1.82, 2.24) is 16.0 Å². The van der Waals surface area contributed by atoms with E-state index in [1.807, 2.05) is 13.8 Å². The summed E-state index contributed by atoms with van der Waals surface area (Å²) < 4.78 is 37.5. The maximum absolute atomic E-state index is 12.5. The summed E-state index contributed by atoms with van der Waals surface area (Å²) in [5.41, 5.74) is 0.0358. The van der Waals surface area contributed by atoms with Crippen molar-refractivity contribution in [3.05, 3.63) is 35.4 Å². The number of aliphatic imine (C=N–C) groups is 1. The minimum Gasteiger partial charge on any atom is -0.355 e. The fourth-order valence-electron chi connectivity index (χ4n) is 1.79. The molecule has 0 saturated heterocycles. The zero-order valence-electron chi connectivity index (χ0n) is 14.0. The van der Waals surface area contributed by atoms with Gasteiger partial charge in [0.15, 0.2) is 5.96 Å². The number of halogens is 3. The second-order valence-corrected chi connectivity index (χ2v) is 5.49. The van der Waals surface area contributed by atoms with Gasteiger partial charge in [0.2, 0.25) is 5.91 Å². The summed E-state index contributed by atoms with van der Waals surface area (Å²) in [6.45, 7) is 4.92. The molecular formula is C16H23F3N4O. The molecule has 0 aliphatic carbocycles. The van der Waals surface area contributed by atoms with Crippen LogP contribution in [0.5, 0.6) is 0 Å². The molecule has 0 heterocycles. The number of rotatable bonds is 6. The molecule has 0 aliphatic rings. The Morgan fingerprint density at radius 2 is 1.67 bits per heavy atom. The highest BCUT2D eigenvalue weighted by Gasteiger charge is 2.29. The highest BCUT2D eigenvalue weighted by atomic mass is 19.4. The Hall–Kier alpha value is -2.25. The van der Waals surface area contributed by atoms with E-state index in [-0.39, 0.29) is 11.8 Å². The minimum atomic E-state index is -4.33. The number of hydrogen-bond donors (Lipinski definition) is 3. The standard InChI is InChI=1S/C16H23F3N4O/c1-11(2)14(24)21-8-9-22-15(20-3)23-10-12-4-6-13(7-5-12)16(17,18)19/h4-7,11H,8-10H2,1-3H3,(H,21,24)(H2,20,22,23). The molecule has 0 unspecified atom stereocenters. The number of alkyl halides is 3. The minimum absolute atomic E-state index is 0.0236. The molecule has 0 radical (unpaired) electrons. The van der Waals surface area contributed by atoms with Gasteiger partial charge in [-0.1, -0.05) is 26.0 Å². The molecule has 0 aliphatic heterocycles. The summed E-state index contributed by atoms with van der Waals surface area (Å²) in [6.07, 6.45) is -4.33. The highest BCUT2D eigenvalue weighted by molar-refractivity contribution is 5.80. The summed E-state index contributed by atoms with van der Waals surface area (Å²) in [5, 5.41) is 8.78. The summed E-state index contributed by atoms with van der Waals surface area (Å²) >= 11 is 0. The zero-order valence-corrected chi connectivity index (χ0v) is 14.0. The Kier molecular flexibility index (Phi) is 7.54. The molecule has 8 heteroatoms. The van der Waals surface area contributed by atoms with E-state index in [0.717, 1.165) is 12.1 Å². The van der Waals surface area contributed by atoms with E-state index in [9.17, 15) is 18.0 Å². The maximum atomic E-state index is 12.5. The van der Waals surface area contributed by atoms with Crippen LogP contribution < -0.4 is 16.0 Å². The van der Waals surface area contributed by atoms with Crippen molar-refractivity contribution in [1.29, 1.82) is 0 Å². The quantitative estimate of drug-likeness (QED) is 0.421. The number of amides is 1. The molecule has 24 heavy (non-hydrogen) atoms. The third-order valence-electron chi connectivity index (χ3n) is 3.21. The van der Waals surface area contributed by atoms with Gasteiger partial charge in [0.25, 0.3) is 0 Å². The molecule has 1 aromatic rings. The van der Waals surface area contributed by atoms with Crippen LogP contribution in [-0.2, 0) is 17.5 Å². The number of carbonyl (C=O) groups excluding carboxylic acids is 1.